The van der Waals surface area contributed by atoms with Crippen LogP contribution < -0.4 is 5.32 Å². The molecule has 0 aromatic rings. The van der Waals surface area contributed by atoms with Crippen molar-refractivity contribution in [2.75, 3.05) is 13.2 Å². The molecule has 0 spiro atoms. The van der Waals surface area contributed by atoms with Gasteiger partial charge in [-0.15, -0.1) is 0 Å². The molecule has 1 rings (SSSR count). The Labute approximate surface area is 106 Å². The van der Waals surface area contributed by atoms with E-state index in [9.17, 15) is 0 Å². The molecule has 0 aliphatic heterocycles. The molecule has 0 radical (unpaired) electrons. The Morgan fingerprint density at radius 1 is 1.24 bits per heavy atom. The van der Waals surface area contributed by atoms with E-state index in [1.54, 1.807) is 0 Å². The Morgan fingerprint density at radius 3 is 2.47 bits per heavy atom. The van der Waals surface area contributed by atoms with Gasteiger partial charge < -0.3 is 14.8 Å². The van der Waals surface area contributed by atoms with Crippen LogP contribution in [-0.4, -0.2) is 37.0 Å². The summed E-state index contributed by atoms with van der Waals surface area (Å²) in [7, 11) is 0. The maximum absolute atomic E-state index is 6.13. The second kappa shape index (κ2) is 6.72. The monoisotopic (exact) mass is 243 g/mol. The van der Waals surface area contributed by atoms with Gasteiger partial charge in [-0.05, 0) is 46.6 Å². The van der Waals surface area contributed by atoms with Crippen LogP contribution >= 0.6 is 0 Å². The summed E-state index contributed by atoms with van der Waals surface area (Å²) >= 11 is 0. The molecule has 0 bridgehead atoms. The first-order valence-corrected chi connectivity index (χ1v) is 7.06. The van der Waals surface area contributed by atoms with Gasteiger partial charge in [0.15, 0.2) is 0 Å². The van der Waals surface area contributed by atoms with E-state index in [4.69, 9.17) is 9.47 Å². The molecule has 1 saturated carbocycles. The summed E-state index contributed by atoms with van der Waals surface area (Å²) in [5, 5.41) is 3.53. The zero-order valence-corrected chi connectivity index (χ0v) is 12.1. The van der Waals surface area contributed by atoms with Crippen LogP contribution in [0.2, 0.25) is 0 Å². The quantitative estimate of drug-likeness (QED) is 0.711. The van der Waals surface area contributed by atoms with Crippen molar-refractivity contribution in [2.45, 2.75) is 77.7 Å². The molecule has 1 N–H and O–H groups in total. The number of rotatable bonds is 8. The van der Waals surface area contributed by atoms with E-state index in [1.165, 1.54) is 6.42 Å². The maximum Gasteiger partial charge on any atom is 0.0990 e. The van der Waals surface area contributed by atoms with Gasteiger partial charge in [0, 0.05) is 12.6 Å². The van der Waals surface area contributed by atoms with Crippen LogP contribution in [0.25, 0.3) is 0 Å². The van der Waals surface area contributed by atoms with Gasteiger partial charge in [0.25, 0.3) is 0 Å². The van der Waals surface area contributed by atoms with Crippen molar-refractivity contribution in [3.8, 4) is 0 Å². The summed E-state index contributed by atoms with van der Waals surface area (Å²) in [6.45, 7) is 12.6. The molecular weight excluding hydrogens is 214 g/mol. The third-order valence-electron chi connectivity index (χ3n) is 3.59. The van der Waals surface area contributed by atoms with Gasteiger partial charge in [-0.1, -0.05) is 13.8 Å². The van der Waals surface area contributed by atoms with Crippen molar-refractivity contribution < 1.29 is 9.47 Å². The van der Waals surface area contributed by atoms with Crippen molar-refractivity contribution >= 4 is 0 Å². The number of nitrogens with one attached hydrogen (secondary N) is 1. The summed E-state index contributed by atoms with van der Waals surface area (Å²) < 4.78 is 11.9. The average molecular weight is 243 g/mol. The van der Waals surface area contributed by atoms with Crippen molar-refractivity contribution in [1.82, 2.24) is 5.32 Å². The van der Waals surface area contributed by atoms with E-state index in [-0.39, 0.29) is 17.8 Å². The third kappa shape index (κ3) is 4.23. The first kappa shape index (κ1) is 14.9. The van der Waals surface area contributed by atoms with E-state index in [0.29, 0.717) is 6.04 Å². The predicted molar refractivity (Wildman–Crippen MR) is 71.4 cm³/mol. The van der Waals surface area contributed by atoms with Gasteiger partial charge >= 0.3 is 0 Å². The number of hydrogen-bond acceptors (Lipinski definition) is 3. The van der Waals surface area contributed by atoms with Crippen molar-refractivity contribution in [3.63, 3.8) is 0 Å². The normalized spacial score (nSPS) is 29.1. The molecule has 3 unspecified atom stereocenters. The third-order valence-corrected chi connectivity index (χ3v) is 3.59. The Balaban J connectivity index is 2.41. The summed E-state index contributed by atoms with van der Waals surface area (Å²) in [5.74, 6) is 0. The highest BCUT2D eigenvalue weighted by Gasteiger charge is 2.44. The highest BCUT2D eigenvalue weighted by molar-refractivity contribution is 4.98. The Kier molecular flexibility index (Phi) is 5.90. The van der Waals surface area contributed by atoms with Crippen LogP contribution in [0.4, 0.5) is 0 Å². The van der Waals surface area contributed by atoms with Gasteiger partial charge in [0.1, 0.15) is 0 Å². The van der Waals surface area contributed by atoms with E-state index in [1.807, 2.05) is 0 Å². The van der Waals surface area contributed by atoms with Crippen LogP contribution in [0.3, 0.4) is 0 Å². The van der Waals surface area contributed by atoms with Crippen LogP contribution in [0, 0.1) is 0 Å². The minimum Gasteiger partial charge on any atom is -0.374 e. The molecule has 102 valence electrons. The van der Waals surface area contributed by atoms with Crippen LogP contribution in [0.1, 0.15) is 53.9 Å². The molecule has 0 amide bonds. The molecule has 17 heavy (non-hydrogen) atoms. The van der Waals surface area contributed by atoms with Crippen molar-refractivity contribution in [2.24, 2.45) is 0 Å². The molecule has 3 atom stereocenters. The van der Waals surface area contributed by atoms with Crippen molar-refractivity contribution in [3.05, 3.63) is 0 Å². The lowest BCUT2D eigenvalue weighted by Crippen LogP contribution is -2.61. The van der Waals surface area contributed by atoms with E-state index < -0.39 is 0 Å². The maximum atomic E-state index is 6.13. The second-order valence-corrected chi connectivity index (χ2v) is 5.49. The molecule has 0 aromatic carbocycles. The smallest absolute Gasteiger partial charge is 0.0990 e. The topological polar surface area (TPSA) is 30.5 Å². The fourth-order valence-electron chi connectivity index (χ4n) is 2.14. The number of hydrogen-bond donors (Lipinski definition) is 1. The Hall–Kier alpha value is -0.120. The molecule has 0 aromatic heterocycles. The van der Waals surface area contributed by atoms with Gasteiger partial charge in [-0.25, -0.2) is 0 Å². The number of ether oxygens (including phenoxy) is 2. The summed E-state index contributed by atoms with van der Waals surface area (Å²) in [5.41, 5.74) is -0.0320. The predicted octanol–water partition coefficient (Wildman–Crippen LogP) is 2.74. The summed E-state index contributed by atoms with van der Waals surface area (Å²) in [6, 6.07) is 0.479. The second-order valence-electron chi connectivity index (χ2n) is 5.49. The summed E-state index contributed by atoms with van der Waals surface area (Å²) in [4.78, 5) is 0. The highest BCUT2D eigenvalue weighted by atomic mass is 16.6. The molecule has 1 aliphatic rings. The lowest BCUT2D eigenvalue weighted by Gasteiger charge is -2.47. The molecule has 3 nitrogen and oxygen atoms in total. The standard InChI is InChI=1S/C14H29NO2/c1-6-9-15-11-10-12(13(11)16-8-3)17-14(4,5)7-2/h11-13,15H,6-10H2,1-5H3. The Bertz CT molecular complexity index is 218. The van der Waals surface area contributed by atoms with Gasteiger partial charge in [-0.2, -0.15) is 0 Å². The molecule has 1 fully saturated rings. The zero-order valence-electron chi connectivity index (χ0n) is 12.1. The van der Waals surface area contributed by atoms with E-state index in [2.05, 4.69) is 39.9 Å². The lowest BCUT2D eigenvalue weighted by atomic mass is 9.84. The lowest BCUT2D eigenvalue weighted by molar-refractivity contribution is -0.191. The molecular formula is C14H29NO2. The largest absolute Gasteiger partial charge is 0.374 e. The van der Waals surface area contributed by atoms with Crippen molar-refractivity contribution in [1.29, 1.82) is 0 Å². The Morgan fingerprint density at radius 2 is 1.94 bits per heavy atom. The van der Waals surface area contributed by atoms with Gasteiger partial charge in [0.05, 0.1) is 17.8 Å². The molecule has 0 saturated heterocycles. The molecule has 0 heterocycles. The first-order valence-electron chi connectivity index (χ1n) is 7.06. The van der Waals surface area contributed by atoms with E-state index in [0.717, 1.165) is 26.0 Å². The fourth-order valence-corrected chi connectivity index (χ4v) is 2.14. The van der Waals surface area contributed by atoms with Crippen LogP contribution in [-0.2, 0) is 9.47 Å². The van der Waals surface area contributed by atoms with Crippen LogP contribution in [0.15, 0.2) is 0 Å². The minimum absolute atomic E-state index is 0.0320. The minimum atomic E-state index is -0.0320. The summed E-state index contributed by atoms with van der Waals surface area (Å²) in [6.07, 6.45) is 3.78. The van der Waals surface area contributed by atoms with Gasteiger partial charge in [0.2, 0.25) is 0 Å². The average Bonchev–Trinajstić information content (AvgIpc) is 2.30. The van der Waals surface area contributed by atoms with Crippen LogP contribution in [0.5, 0.6) is 0 Å². The van der Waals surface area contributed by atoms with Gasteiger partial charge in [-0.3, -0.25) is 0 Å². The first-order chi connectivity index (χ1) is 8.04. The highest BCUT2D eigenvalue weighted by Crippen LogP contribution is 2.32. The SMILES string of the molecule is CCCNC1CC(OC(C)(C)CC)C1OCC. The zero-order chi connectivity index (χ0) is 12.9. The molecule has 1 aliphatic carbocycles. The van der Waals surface area contributed by atoms with E-state index >= 15 is 0 Å². The fraction of sp³-hybridized carbons (Fsp3) is 1.00. The molecule has 3 heteroatoms.